The quantitative estimate of drug-likeness (QED) is 0.845. The van der Waals surface area contributed by atoms with Crippen LogP contribution in [-0.4, -0.2) is 21.2 Å². The zero-order chi connectivity index (χ0) is 11.5. The molecule has 0 aromatic carbocycles. The zero-order valence-corrected chi connectivity index (χ0v) is 10.3. The Balaban J connectivity index is 2.04. The van der Waals surface area contributed by atoms with E-state index in [-0.39, 0.29) is 0 Å². The smallest absolute Gasteiger partial charge is 0.243 e. The van der Waals surface area contributed by atoms with Crippen molar-refractivity contribution in [3.8, 4) is 0 Å². The summed E-state index contributed by atoms with van der Waals surface area (Å²) in [6, 6.07) is 0.550. The first-order valence-electron chi connectivity index (χ1n) is 6.21. The van der Waals surface area contributed by atoms with Crippen molar-refractivity contribution < 1.29 is 0 Å². The van der Waals surface area contributed by atoms with Crippen LogP contribution in [0.15, 0.2) is 0 Å². The van der Waals surface area contributed by atoms with Crippen LogP contribution >= 0.6 is 0 Å². The third-order valence-corrected chi connectivity index (χ3v) is 3.22. The first-order valence-corrected chi connectivity index (χ1v) is 6.21. The van der Waals surface area contributed by atoms with E-state index in [1.165, 1.54) is 12.8 Å². The Morgan fingerprint density at radius 2 is 1.81 bits per heavy atom. The summed E-state index contributed by atoms with van der Waals surface area (Å²) in [6.07, 6.45) is 4.28. The van der Waals surface area contributed by atoms with Crippen LogP contribution in [0.25, 0.3) is 0 Å². The fourth-order valence-electron chi connectivity index (χ4n) is 2.20. The van der Waals surface area contributed by atoms with Gasteiger partial charge in [-0.3, -0.25) is 0 Å². The van der Waals surface area contributed by atoms with Gasteiger partial charge in [0, 0.05) is 6.04 Å². The molecular weight excluding hydrogens is 200 g/mol. The second-order valence-electron chi connectivity index (χ2n) is 4.65. The van der Waals surface area contributed by atoms with E-state index in [2.05, 4.69) is 41.3 Å². The van der Waals surface area contributed by atoms with Crippen LogP contribution in [0.2, 0.25) is 0 Å². The number of hydrogen-bond acceptors (Lipinski definition) is 4. The van der Waals surface area contributed by atoms with Gasteiger partial charge in [0.1, 0.15) is 0 Å². The molecule has 16 heavy (non-hydrogen) atoms. The number of nitrogens with one attached hydrogen (secondary N) is 1. The summed E-state index contributed by atoms with van der Waals surface area (Å²) in [6.45, 7) is 6.47. The lowest BCUT2D eigenvalue weighted by Crippen LogP contribution is -2.34. The van der Waals surface area contributed by atoms with Gasteiger partial charge in [-0.15, -0.1) is 5.10 Å². The molecule has 0 aliphatic heterocycles. The Hall–Kier alpha value is -1.19. The maximum atomic E-state index is 4.52. The Labute approximate surface area is 96.9 Å². The second-order valence-corrected chi connectivity index (χ2v) is 4.65. The summed E-state index contributed by atoms with van der Waals surface area (Å²) in [5.41, 5.74) is 2.10. The number of hydrogen-bond donors (Lipinski definition) is 1. The van der Waals surface area contributed by atoms with Crippen molar-refractivity contribution in [2.24, 2.45) is 5.92 Å². The van der Waals surface area contributed by atoms with Crippen LogP contribution < -0.4 is 5.32 Å². The van der Waals surface area contributed by atoms with Crippen LogP contribution in [0.5, 0.6) is 0 Å². The van der Waals surface area contributed by atoms with Crippen LogP contribution in [0, 0.1) is 5.92 Å². The van der Waals surface area contributed by atoms with Gasteiger partial charge >= 0.3 is 0 Å². The lowest BCUT2D eigenvalue weighted by atomic mass is 9.82. The van der Waals surface area contributed by atoms with E-state index in [9.17, 15) is 0 Å². The van der Waals surface area contributed by atoms with Crippen LogP contribution in [0.3, 0.4) is 0 Å². The molecule has 0 radical (unpaired) electrons. The van der Waals surface area contributed by atoms with Crippen LogP contribution in [-0.2, 0) is 12.8 Å². The van der Waals surface area contributed by atoms with Gasteiger partial charge < -0.3 is 5.32 Å². The maximum absolute atomic E-state index is 4.52. The van der Waals surface area contributed by atoms with Gasteiger partial charge in [-0.2, -0.15) is 5.10 Å². The summed E-state index contributed by atoms with van der Waals surface area (Å²) in [5.74, 6) is 1.54. The van der Waals surface area contributed by atoms with Crippen molar-refractivity contribution >= 4 is 5.95 Å². The normalized spacial score (nSPS) is 23.9. The fourth-order valence-corrected chi connectivity index (χ4v) is 2.20. The van der Waals surface area contributed by atoms with Crippen molar-refractivity contribution in [3.05, 3.63) is 11.4 Å². The van der Waals surface area contributed by atoms with Gasteiger partial charge in [-0.25, -0.2) is 4.98 Å². The van der Waals surface area contributed by atoms with Gasteiger partial charge in [0.05, 0.1) is 11.4 Å². The molecule has 4 nitrogen and oxygen atoms in total. The Morgan fingerprint density at radius 1 is 1.12 bits per heavy atom. The van der Waals surface area contributed by atoms with E-state index >= 15 is 0 Å². The fraction of sp³-hybridized carbons (Fsp3) is 0.750. The van der Waals surface area contributed by atoms with Crippen molar-refractivity contribution in [1.29, 1.82) is 0 Å². The van der Waals surface area contributed by atoms with Crippen molar-refractivity contribution in [1.82, 2.24) is 15.2 Å². The third kappa shape index (κ3) is 2.31. The molecule has 0 atom stereocenters. The number of aryl methyl sites for hydroxylation is 2. The van der Waals surface area contributed by atoms with Crippen molar-refractivity contribution in [2.45, 2.75) is 52.5 Å². The van der Waals surface area contributed by atoms with Crippen molar-refractivity contribution in [2.75, 3.05) is 5.32 Å². The van der Waals surface area contributed by atoms with Gasteiger partial charge in [0.15, 0.2) is 0 Å². The summed E-state index contributed by atoms with van der Waals surface area (Å²) in [4.78, 5) is 4.52. The number of rotatable bonds is 4. The molecule has 0 saturated heterocycles. The Kier molecular flexibility index (Phi) is 3.36. The molecule has 1 saturated carbocycles. The summed E-state index contributed by atoms with van der Waals surface area (Å²) >= 11 is 0. The van der Waals surface area contributed by atoms with E-state index < -0.39 is 0 Å². The highest BCUT2D eigenvalue weighted by Gasteiger charge is 2.25. The summed E-state index contributed by atoms with van der Waals surface area (Å²) in [7, 11) is 0. The van der Waals surface area contributed by atoms with Gasteiger partial charge in [0.2, 0.25) is 5.95 Å². The summed E-state index contributed by atoms with van der Waals surface area (Å²) in [5, 5.41) is 11.7. The van der Waals surface area contributed by atoms with Crippen LogP contribution in [0.1, 0.15) is 45.0 Å². The van der Waals surface area contributed by atoms with Gasteiger partial charge in [-0.05, 0) is 31.6 Å². The van der Waals surface area contributed by atoms with Gasteiger partial charge in [-0.1, -0.05) is 20.8 Å². The maximum Gasteiger partial charge on any atom is 0.243 e. The first kappa shape index (κ1) is 11.3. The highest BCUT2D eigenvalue weighted by molar-refractivity contribution is 5.28. The lowest BCUT2D eigenvalue weighted by molar-refractivity contribution is 0.307. The molecule has 88 valence electrons. The highest BCUT2D eigenvalue weighted by atomic mass is 15.2. The van der Waals surface area contributed by atoms with Crippen LogP contribution in [0.4, 0.5) is 5.95 Å². The zero-order valence-electron chi connectivity index (χ0n) is 10.3. The molecule has 1 aliphatic carbocycles. The van der Waals surface area contributed by atoms with E-state index in [1.54, 1.807) is 0 Å². The molecule has 0 bridgehead atoms. The monoisotopic (exact) mass is 220 g/mol. The first-order chi connectivity index (χ1) is 7.72. The molecule has 0 unspecified atom stereocenters. The van der Waals surface area contributed by atoms with E-state index in [0.29, 0.717) is 12.0 Å². The van der Waals surface area contributed by atoms with E-state index in [0.717, 1.165) is 30.1 Å². The SMILES string of the molecule is CCc1nnc(NC2CC(C)C2)nc1CC. The lowest BCUT2D eigenvalue weighted by Gasteiger charge is -2.33. The van der Waals surface area contributed by atoms with Gasteiger partial charge in [0.25, 0.3) is 0 Å². The number of aromatic nitrogens is 3. The molecule has 2 rings (SSSR count). The molecule has 1 N–H and O–H groups in total. The highest BCUT2D eigenvalue weighted by Crippen LogP contribution is 2.28. The molecule has 0 amide bonds. The average molecular weight is 220 g/mol. The van der Waals surface area contributed by atoms with E-state index in [4.69, 9.17) is 0 Å². The average Bonchev–Trinajstić information content (AvgIpc) is 2.27. The molecule has 1 aliphatic rings. The minimum Gasteiger partial charge on any atom is -0.350 e. The molecule has 1 heterocycles. The molecular formula is C12H20N4. The Morgan fingerprint density at radius 3 is 2.38 bits per heavy atom. The standard InChI is InChI=1S/C12H20N4/c1-4-10-11(5-2)15-16-12(14-10)13-9-6-8(3)7-9/h8-9H,4-7H2,1-3H3,(H,13,14,16). The molecule has 4 heteroatoms. The van der Waals surface area contributed by atoms with Crippen molar-refractivity contribution in [3.63, 3.8) is 0 Å². The topological polar surface area (TPSA) is 50.7 Å². The second kappa shape index (κ2) is 4.76. The third-order valence-electron chi connectivity index (χ3n) is 3.22. The number of anilines is 1. The number of nitrogens with zero attached hydrogens (tertiary/aromatic N) is 3. The minimum absolute atomic E-state index is 0.550. The molecule has 1 fully saturated rings. The predicted molar refractivity (Wildman–Crippen MR) is 64.4 cm³/mol. The van der Waals surface area contributed by atoms with E-state index in [1.807, 2.05) is 0 Å². The summed E-state index contributed by atoms with van der Waals surface area (Å²) < 4.78 is 0. The predicted octanol–water partition coefficient (Wildman–Crippen LogP) is 2.21. The largest absolute Gasteiger partial charge is 0.350 e. The molecule has 0 spiro atoms. The molecule has 1 aromatic heterocycles. The minimum atomic E-state index is 0.550. The Bertz CT molecular complexity index is 358. The molecule has 1 aromatic rings.